The van der Waals surface area contributed by atoms with Gasteiger partial charge in [0.1, 0.15) is 5.82 Å². The largest absolute Gasteiger partial charge is 0.493 e. The number of aromatic nitrogens is 1. The molecule has 0 radical (unpaired) electrons. The number of hydrogen-bond acceptors (Lipinski definition) is 3. The number of ether oxygens (including phenoxy) is 2. The molecule has 0 saturated carbocycles. The third-order valence-corrected chi connectivity index (χ3v) is 4.72. The average Bonchev–Trinajstić information content (AvgIpc) is 3.12. The fourth-order valence-corrected chi connectivity index (χ4v) is 3.29. The normalized spacial score (nSPS) is 10.6. The van der Waals surface area contributed by atoms with Gasteiger partial charge in [0.25, 0.3) is 0 Å². The summed E-state index contributed by atoms with van der Waals surface area (Å²) >= 11 is 0. The van der Waals surface area contributed by atoms with Crippen LogP contribution < -0.4 is 20.1 Å². The number of amides is 2. The summed E-state index contributed by atoms with van der Waals surface area (Å²) in [6.07, 6.45) is 0. The molecule has 1 heterocycles. The Bertz CT molecular complexity index is 1200. The Labute approximate surface area is 172 Å². The Hall–Kier alpha value is -4.00. The van der Waals surface area contributed by atoms with E-state index in [-0.39, 0.29) is 5.82 Å². The molecule has 4 rings (SSSR count). The van der Waals surface area contributed by atoms with Gasteiger partial charge in [-0.3, -0.25) is 0 Å². The van der Waals surface area contributed by atoms with Crippen LogP contribution in [0.5, 0.6) is 11.5 Å². The molecule has 3 aromatic carbocycles. The van der Waals surface area contributed by atoms with E-state index in [4.69, 9.17) is 9.47 Å². The van der Waals surface area contributed by atoms with E-state index in [1.54, 1.807) is 37.4 Å². The van der Waals surface area contributed by atoms with Gasteiger partial charge in [-0.25, -0.2) is 9.18 Å². The van der Waals surface area contributed by atoms with Gasteiger partial charge in [0.2, 0.25) is 0 Å². The number of H-pyrrole nitrogens is 1. The number of hydrogen-bond donors (Lipinski definition) is 3. The quantitative estimate of drug-likeness (QED) is 0.402. The maximum absolute atomic E-state index is 13.4. The first-order valence-corrected chi connectivity index (χ1v) is 9.25. The molecule has 0 bridgehead atoms. The summed E-state index contributed by atoms with van der Waals surface area (Å²) in [6.45, 7) is 0. The molecule has 30 heavy (non-hydrogen) atoms. The van der Waals surface area contributed by atoms with E-state index in [0.29, 0.717) is 28.6 Å². The first-order valence-electron chi connectivity index (χ1n) is 9.25. The highest BCUT2D eigenvalue weighted by Gasteiger charge is 2.16. The highest BCUT2D eigenvalue weighted by molar-refractivity contribution is 6.10. The molecule has 0 aliphatic heterocycles. The summed E-state index contributed by atoms with van der Waals surface area (Å²) < 4.78 is 23.9. The predicted molar refractivity (Wildman–Crippen MR) is 116 cm³/mol. The number of fused-ring (bicyclic) bond motifs is 1. The summed E-state index contributed by atoms with van der Waals surface area (Å²) in [5.41, 5.74) is 3.47. The highest BCUT2D eigenvalue weighted by atomic mass is 19.1. The zero-order chi connectivity index (χ0) is 21.1. The third kappa shape index (κ3) is 3.77. The number of halogens is 1. The number of anilines is 2. The molecule has 2 amide bonds. The Morgan fingerprint density at radius 1 is 0.900 bits per heavy atom. The summed E-state index contributed by atoms with van der Waals surface area (Å²) in [4.78, 5) is 16.0. The smallest absolute Gasteiger partial charge is 0.323 e. The van der Waals surface area contributed by atoms with Crippen LogP contribution in [0.3, 0.4) is 0 Å². The number of para-hydroxylation sites is 1. The zero-order valence-electron chi connectivity index (χ0n) is 16.5. The summed E-state index contributed by atoms with van der Waals surface area (Å²) in [5.74, 6) is 0.753. The molecule has 0 saturated heterocycles. The highest BCUT2D eigenvalue weighted by Crippen LogP contribution is 2.35. The van der Waals surface area contributed by atoms with Gasteiger partial charge in [0, 0.05) is 28.2 Å². The van der Waals surface area contributed by atoms with Crippen molar-refractivity contribution in [2.75, 3.05) is 24.9 Å². The van der Waals surface area contributed by atoms with Gasteiger partial charge in [-0.15, -0.1) is 0 Å². The number of rotatable bonds is 5. The van der Waals surface area contributed by atoms with E-state index in [9.17, 15) is 9.18 Å². The van der Waals surface area contributed by atoms with Gasteiger partial charge in [-0.1, -0.05) is 18.2 Å². The lowest BCUT2D eigenvalue weighted by Crippen LogP contribution is -2.19. The molecular formula is C23H20FN3O3. The van der Waals surface area contributed by atoms with Crippen LogP contribution >= 0.6 is 0 Å². The summed E-state index contributed by atoms with van der Waals surface area (Å²) in [5, 5.41) is 6.56. The van der Waals surface area contributed by atoms with Gasteiger partial charge in [-0.05, 0) is 42.5 Å². The van der Waals surface area contributed by atoms with Crippen LogP contribution in [0.2, 0.25) is 0 Å². The number of benzene rings is 3. The van der Waals surface area contributed by atoms with Gasteiger partial charge < -0.3 is 25.1 Å². The van der Waals surface area contributed by atoms with Crippen LogP contribution in [0, 0.1) is 5.82 Å². The van der Waals surface area contributed by atoms with Crippen LogP contribution in [0.4, 0.5) is 20.6 Å². The Kier molecular flexibility index (Phi) is 5.26. The Balaban J connectivity index is 1.65. The number of methoxy groups -OCH3 is 2. The first kappa shape index (κ1) is 19.3. The molecule has 0 unspecified atom stereocenters. The van der Waals surface area contributed by atoms with Gasteiger partial charge in [0.05, 0.1) is 25.6 Å². The monoisotopic (exact) mass is 405 g/mol. The molecular weight excluding hydrogens is 385 g/mol. The number of urea groups is 1. The van der Waals surface area contributed by atoms with Crippen LogP contribution in [0.25, 0.3) is 22.2 Å². The number of aromatic amines is 1. The summed E-state index contributed by atoms with van der Waals surface area (Å²) in [7, 11) is 3.08. The van der Waals surface area contributed by atoms with Crippen molar-refractivity contribution in [1.82, 2.24) is 4.98 Å². The number of carbonyl (C=O) groups excluding carboxylic acids is 1. The molecule has 7 heteroatoms. The molecule has 0 fully saturated rings. The molecule has 152 valence electrons. The van der Waals surface area contributed by atoms with E-state index < -0.39 is 6.03 Å². The maximum atomic E-state index is 13.4. The Morgan fingerprint density at radius 2 is 1.63 bits per heavy atom. The van der Waals surface area contributed by atoms with E-state index in [1.165, 1.54) is 19.2 Å². The van der Waals surface area contributed by atoms with Crippen molar-refractivity contribution in [1.29, 1.82) is 0 Å². The van der Waals surface area contributed by atoms with E-state index in [1.807, 2.05) is 24.3 Å². The number of carbonyl (C=O) groups is 1. The maximum Gasteiger partial charge on any atom is 0.323 e. The lowest BCUT2D eigenvalue weighted by Gasteiger charge is -2.12. The molecule has 6 nitrogen and oxygen atoms in total. The number of nitrogens with one attached hydrogen (secondary N) is 3. The lowest BCUT2D eigenvalue weighted by molar-refractivity contribution is 0.262. The fraction of sp³-hybridized carbons (Fsp3) is 0.0870. The van der Waals surface area contributed by atoms with E-state index in [0.717, 1.165) is 16.5 Å². The average molecular weight is 405 g/mol. The van der Waals surface area contributed by atoms with Crippen molar-refractivity contribution < 1.29 is 18.7 Å². The molecule has 1 aromatic heterocycles. The minimum Gasteiger partial charge on any atom is -0.493 e. The second-order valence-electron chi connectivity index (χ2n) is 6.58. The van der Waals surface area contributed by atoms with E-state index in [2.05, 4.69) is 15.6 Å². The second-order valence-corrected chi connectivity index (χ2v) is 6.58. The van der Waals surface area contributed by atoms with Crippen LogP contribution in [-0.4, -0.2) is 25.2 Å². The van der Waals surface area contributed by atoms with Crippen LogP contribution in [-0.2, 0) is 0 Å². The van der Waals surface area contributed by atoms with Crippen molar-refractivity contribution in [3.8, 4) is 22.8 Å². The zero-order valence-corrected chi connectivity index (χ0v) is 16.5. The Morgan fingerprint density at radius 3 is 2.37 bits per heavy atom. The standard InChI is InChI=1S/C23H20FN3O3/c1-29-19-12-11-16(13-20(19)30-2)25-23(28)27-22-17-5-3-4-6-18(17)26-21(22)14-7-9-15(24)10-8-14/h3-13,26H,1-2H3,(H2,25,27,28). The van der Waals surface area contributed by atoms with Gasteiger partial charge in [0.15, 0.2) is 11.5 Å². The molecule has 4 aromatic rings. The minimum atomic E-state index is -0.421. The molecule has 0 atom stereocenters. The molecule has 0 aliphatic rings. The summed E-state index contributed by atoms with van der Waals surface area (Å²) in [6, 6.07) is 18.4. The third-order valence-electron chi connectivity index (χ3n) is 4.72. The molecule has 3 N–H and O–H groups in total. The minimum absolute atomic E-state index is 0.324. The SMILES string of the molecule is COc1ccc(NC(=O)Nc2c(-c3ccc(F)cc3)[nH]c3ccccc23)cc1OC. The fourth-order valence-electron chi connectivity index (χ4n) is 3.29. The molecule has 0 spiro atoms. The van der Waals surface area contributed by atoms with Crippen LogP contribution in [0.1, 0.15) is 0 Å². The topological polar surface area (TPSA) is 75.4 Å². The van der Waals surface area contributed by atoms with E-state index >= 15 is 0 Å². The lowest BCUT2D eigenvalue weighted by atomic mass is 10.1. The van der Waals surface area contributed by atoms with Crippen molar-refractivity contribution in [2.24, 2.45) is 0 Å². The second kappa shape index (κ2) is 8.16. The van der Waals surface area contributed by atoms with Crippen molar-refractivity contribution >= 4 is 28.3 Å². The van der Waals surface area contributed by atoms with Crippen molar-refractivity contribution in [3.63, 3.8) is 0 Å². The van der Waals surface area contributed by atoms with Crippen molar-refractivity contribution in [3.05, 3.63) is 72.5 Å². The van der Waals surface area contributed by atoms with Crippen molar-refractivity contribution in [2.45, 2.75) is 0 Å². The van der Waals surface area contributed by atoms with Gasteiger partial charge >= 0.3 is 6.03 Å². The predicted octanol–water partition coefficient (Wildman–Crippen LogP) is 5.64. The van der Waals surface area contributed by atoms with Gasteiger partial charge in [-0.2, -0.15) is 0 Å². The molecule has 0 aliphatic carbocycles. The van der Waals surface area contributed by atoms with Crippen LogP contribution in [0.15, 0.2) is 66.7 Å². The first-order chi connectivity index (χ1) is 14.6.